The third-order valence-electron chi connectivity index (χ3n) is 3.78. The van der Waals surface area contributed by atoms with Crippen LogP contribution in [0.2, 0.25) is 0 Å². The summed E-state index contributed by atoms with van der Waals surface area (Å²) in [6, 6.07) is 3.69. The molecule has 0 saturated heterocycles. The van der Waals surface area contributed by atoms with Gasteiger partial charge in [-0.05, 0) is 25.0 Å². The zero-order valence-electron chi connectivity index (χ0n) is 14.0. The van der Waals surface area contributed by atoms with Crippen molar-refractivity contribution in [1.82, 2.24) is 20.1 Å². The van der Waals surface area contributed by atoms with E-state index in [-0.39, 0.29) is 11.7 Å². The van der Waals surface area contributed by atoms with E-state index < -0.39 is 0 Å². The van der Waals surface area contributed by atoms with E-state index in [2.05, 4.69) is 26.7 Å². The minimum absolute atomic E-state index is 0.0604. The third-order valence-corrected chi connectivity index (χ3v) is 5.87. The third kappa shape index (κ3) is 4.58. The van der Waals surface area contributed by atoms with E-state index in [1.54, 1.807) is 0 Å². The Hall–Kier alpha value is -1.93. The number of carbonyl (C=O) groups excluding carboxylic acids is 2. The summed E-state index contributed by atoms with van der Waals surface area (Å²) in [7, 11) is 0. The van der Waals surface area contributed by atoms with Gasteiger partial charge in [-0.1, -0.05) is 17.8 Å². The molecule has 1 fully saturated rings. The number of aromatic nitrogens is 3. The molecule has 2 aromatic heterocycles. The van der Waals surface area contributed by atoms with Gasteiger partial charge in [0.2, 0.25) is 5.91 Å². The topological polar surface area (TPSA) is 76.9 Å². The van der Waals surface area contributed by atoms with Crippen LogP contribution in [0.5, 0.6) is 0 Å². The second-order valence-electron chi connectivity index (χ2n) is 5.90. The fourth-order valence-corrected chi connectivity index (χ4v) is 4.20. The van der Waals surface area contributed by atoms with Crippen molar-refractivity contribution < 1.29 is 9.59 Å². The number of Topliss-reactive ketones (excluding diaryl/α,β-unsaturated/α-hetero) is 1. The number of nitrogens with one attached hydrogen (secondary N) is 1. The van der Waals surface area contributed by atoms with Gasteiger partial charge < -0.3 is 9.88 Å². The average Bonchev–Trinajstić information content (AvgIpc) is 3.18. The van der Waals surface area contributed by atoms with Crippen LogP contribution in [0.1, 0.15) is 46.1 Å². The van der Waals surface area contributed by atoms with Gasteiger partial charge in [-0.25, -0.2) is 0 Å². The highest BCUT2D eigenvalue weighted by Crippen LogP contribution is 2.40. The first-order chi connectivity index (χ1) is 12.1. The highest BCUT2D eigenvalue weighted by atomic mass is 32.2. The minimum atomic E-state index is -0.0788. The number of carbonyl (C=O) groups is 2. The number of nitrogens with zero attached hydrogens (tertiary/aromatic N) is 3. The predicted molar refractivity (Wildman–Crippen MR) is 99.1 cm³/mol. The maximum atomic E-state index is 12.4. The summed E-state index contributed by atoms with van der Waals surface area (Å²) >= 11 is 2.83. The van der Waals surface area contributed by atoms with Crippen LogP contribution in [-0.2, 0) is 17.9 Å². The van der Waals surface area contributed by atoms with Gasteiger partial charge in [-0.15, -0.1) is 28.1 Å². The average molecular weight is 377 g/mol. The number of thiophene rings is 1. The minimum Gasteiger partial charge on any atom is -0.351 e. The molecular formula is C17H20N4O2S2. The van der Waals surface area contributed by atoms with Crippen molar-refractivity contribution in [2.24, 2.45) is 0 Å². The molecule has 1 amide bonds. The standard InChI is InChI=1S/C17H20N4O2S2/c1-3-8-21-16(12-4-5-12)19-20-17(21)24-10-14(23)15-7-6-13(25-15)9-18-11(2)22/h3,6-7,12H,1,4-5,8-10H2,2H3,(H,18,22). The van der Waals surface area contributed by atoms with E-state index >= 15 is 0 Å². The normalized spacial score (nSPS) is 13.6. The fraction of sp³-hybridized carbons (Fsp3) is 0.412. The number of amides is 1. The molecule has 25 heavy (non-hydrogen) atoms. The second-order valence-corrected chi connectivity index (χ2v) is 8.01. The zero-order valence-corrected chi connectivity index (χ0v) is 15.7. The number of rotatable bonds is 9. The quantitative estimate of drug-likeness (QED) is 0.414. The van der Waals surface area contributed by atoms with Crippen LogP contribution < -0.4 is 5.32 Å². The summed E-state index contributed by atoms with van der Waals surface area (Å²) in [4.78, 5) is 25.0. The summed E-state index contributed by atoms with van der Waals surface area (Å²) in [5.41, 5.74) is 0. The molecule has 2 heterocycles. The highest BCUT2D eigenvalue weighted by Gasteiger charge is 2.30. The van der Waals surface area contributed by atoms with Gasteiger partial charge in [0, 0.05) is 24.3 Å². The van der Waals surface area contributed by atoms with E-state index in [1.807, 2.05) is 18.2 Å². The summed E-state index contributed by atoms with van der Waals surface area (Å²) in [6.45, 7) is 6.39. The van der Waals surface area contributed by atoms with Gasteiger partial charge in [-0.3, -0.25) is 9.59 Å². The van der Waals surface area contributed by atoms with Gasteiger partial charge in [0.15, 0.2) is 10.9 Å². The van der Waals surface area contributed by atoms with E-state index in [0.29, 0.717) is 29.6 Å². The Morgan fingerprint density at radius 1 is 1.44 bits per heavy atom. The van der Waals surface area contributed by atoms with Crippen LogP contribution >= 0.6 is 23.1 Å². The monoisotopic (exact) mass is 376 g/mol. The maximum Gasteiger partial charge on any atom is 0.217 e. The van der Waals surface area contributed by atoms with Crippen molar-refractivity contribution in [3.05, 3.63) is 40.4 Å². The molecule has 132 valence electrons. The number of allylic oxidation sites excluding steroid dienone is 1. The smallest absolute Gasteiger partial charge is 0.217 e. The molecule has 0 atom stereocenters. The lowest BCUT2D eigenvalue weighted by molar-refractivity contribution is -0.119. The molecule has 0 radical (unpaired) electrons. The zero-order chi connectivity index (χ0) is 17.8. The first-order valence-corrected chi connectivity index (χ1v) is 9.92. The molecule has 2 aromatic rings. The molecule has 0 unspecified atom stereocenters. The molecule has 8 heteroatoms. The molecular weight excluding hydrogens is 356 g/mol. The molecule has 1 aliphatic carbocycles. The fourth-order valence-electron chi connectivity index (χ4n) is 2.39. The number of hydrogen-bond acceptors (Lipinski definition) is 6. The molecule has 0 aromatic carbocycles. The predicted octanol–water partition coefficient (Wildman–Crippen LogP) is 3.01. The second kappa shape index (κ2) is 7.97. The van der Waals surface area contributed by atoms with Crippen molar-refractivity contribution in [3.8, 4) is 0 Å². The molecule has 1 saturated carbocycles. The SMILES string of the molecule is C=CCn1c(SCC(=O)c2ccc(CNC(C)=O)s2)nnc1C1CC1. The lowest BCUT2D eigenvalue weighted by Crippen LogP contribution is -2.18. The molecule has 6 nitrogen and oxygen atoms in total. The number of hydrogen-bond donors (Lipinski definition) is 1. The Morgan fingerprint density at radius 2 is 2.24 bits per heavy atom. The number of thioether (sulfide) groups is 1. The first kappa shape index (κ1) is 17.9. The van der Waals surface area contributed by atoms with Crippen LogP contribution in [0.25, 0.3) is 0 Å². The van der Waals surface area contributed by atoms with Gasteiger partial charge in [-0.2, -0.15) is 0 Å². The molecule has 1 N–H and O–H groups in total. The Labute approximate surface area is 154 Å². The lowest BCUT2D eigenvalue weighted by Gasteiger charge is -2.06. The molecule has 0 aliphatic heterocycles. The maximum absolute atomic E-state index is 12.4. The van der Waals surface area contributed by atoms with E-state index in [1.165, 1.54) is 30.0 Å². The summed E-state index contributed by atoms with van der Waals surface area (Å²) in [6.07, 6.45) is 4.14. The van der Waals surface area contributed by atoms with Gasteiger partial charge in [0.25, 0.3) is 0 Å². The summed E-state index contributed by atoms with van der Waals surface area (Å²) < 4.78 is 2.05. The molecule has 0 spiro atoms. The van der Waals surface area contributed by atoms with Gasteiger partial charge in [0.05, 0.1) is 17.2 Å². The van der Waals surface area contributed by atoms with Crippen molar-refractivity contribution in [3.63, 3.8) is 0 Å². The molecule has 1 aliphatic rings. The number of ketones is 1. The van der Waals surface area contributed by atoms with Gasteiger partial charge in [0.1, 0.15) is 5.82 Å². The van der Waals surface area contributed by atoms with Crippen LogP contribution in [0.15, 0.2) is 29.9 Å². The van der Waals surface area contributed by atoms with Gasteiger partial charge >= 0.3 is 0 Å². The Morgan fingerprint density at radius 3 is 2.92 bits per heavy atom. The summed E-state index contributed by atoms with van der Waals surface area (Å²) in [5, 5.41) is 12.0. The first-order valence-electron chi connectivity index (χ1n) is 8.11. The Kier molecular flexibility index (Phi) is 5.70. The van der Waals surface area contributed by atoms with E-state index in [9.17, 15) is 9.59 Å². The van der Waals surface area contributed by atoms with E-state index in [0.717, 1.165) is 28.7 Å². The van der Waals surface area contributed by atoms with Crippen LogP contribution in [0, 0.1) is 0 Å². The van der Waals surface area contributed by atoms with Crippen LogP contribution in [0.3, 0.4) is 0 Å². The highest BCUT2D eigenvalue weighted by molar-refractivity contribution is 7.99. The Bertz CT molecular complexity index is 792. The van der Waals surface area contributed by atoms with Crippen molar-refractivity contribution in [2.75, 3.05) is 5.75 Å². The van der Waals surface area contributed by atoms with Crippen molar-refractivity contribution in [2.45, 2.75) is 43.9 Å². The van der Waals surface area contributed by atoms with Crippen molar-refractivity contribution in [1.29, 1.82) is 0 Å². The largest absolute Gasteiger partial charge is 0.351 e. The van der Waals surface area contributed by atoms with E-state index in [4.69, 9.17) is 0 Å². The van der Waals surface area contributed by atoms with Crippen LogP contribution in [0.4, 0.5) is 0 Å². The summed E-state index contributed by atoms with van der Waals surface area (Å²) in [5.74, 6) is 1.81. The lowest BCUT2D eigenvalue weighted by atomic mass is 10.3. The molecule has 0 bridgehead atoms. The van der Waals surface area contributed by atoms with Crippen molar-refractivity contribution >= 4 is 34.8 Å². The van der Waals surface area contributed by atoms with Crippen LogP contribution in [-0.4, -0.2) is 32.2 Å². The molecule has 3 rings (SSSR count). The Balaban J connectivity index is 1.60.